The van der Waals surface area contributed by atoms with Gasteiger partial charge in [0.2, 0.25) is 0 Å². The van der Waals surface area contributed by atoms with Gasteiger partial charge in [-0.15, -0.1) is 0 Å². The van der Waals surface area contributed by atoms with Crippen molar-refractivity contribution in [3.63, 3.8) is 0 Å². The number of aryl methyl sites for hydroxylation is 1. The van der Waals surface area contributed by atoms with E-state index in [0.717, 1.165) is 48.2 Å². The van der Waals surface area contributed by atoms with Crippen molar-refractivity contribution in [2.24, 2.45) is 17.8 Å². The number of allylic oxidation sites excluding steroid dienone is 1. The monoisotopic (exact) mass is 734 g/mol. The first kappa shape index (κ1) is 46.2. The number of nitrogens with one attached hydrogen (secondary N) is 1. The van der Waals surface area contributed by atoms with Crippen LogP contribution in [0.3, 0.4) is 0 Å². The molecular formula is C45H67KN4O2. The molecule has 7 heteroatoms. The Balaban J connectivity index is 0.000000287. The molecule has 2 saturated carbocycles. The van der Waals surface area contributed by atoms with Gasteiger partial charge in [0, 0.05) is 33.7 Å². The molecular weight excluding hydrogens is 668 g/mol. The van der Waals surface area contributed by atoms with Crippen LogP contribution in [0.5, 0.6) is 0 Å². The molecule has 2 aromatic carbocycles. The van der Waals surface area contributed by atoms with Crippen molar-refractivity contribution in [1.82, 2.24) is 9.47 Å². The van der Waals surface area contributed by atoms with Gasteiger partial charge in [0.15, 0.2) is 5.43 Å². The van der Waals surface area contributed by atoms with Crippen LogP contribution < -0.4 is 72.7 Å². The van der Waals surface area contributed by atoms with E-state index < -0.39 is 0 Å². The molecule has 6 rings (SSSR count). The molecule has 0 bridgehead atoms. The van der Waals surface area contributed by atoms with Gasteiger partial charge in [0.1, 0.15) is 0 Å². The summed E-state index contributed by atoms with van der Waals surface area (Å²) in [7, 11) is 2.20. The van der Waals surface area contributed by atoms with Crippen molar-refractivity contribution in [2.45, 2.75) is 119 Å². The van der Waals surface area contributed by atoms with E-state index in [4.69, 9.17) is 4.84 Å². The van der Waals surface area contributed by atoms with E-state index in [1.54, 1.807) is 12.3 Å². The summed E-state index contributed by atoms with van der Waals surface area (Å²) in [5.74, 6) is 2.86. The van der Waals surface area contributed by atoms with Gasteiger partial charge >= 0.3 is 51.4 Å². The summed E-state index contributed by atoms with van der Waals surface area (Å²) < 4.78 is 1.90. The minimum Gasteiger partial charge on any atom is -0.557 e. The van der Waals surface area contributed by atoms with Crippen LogP contribution in [0.25, 0.3) is 23.8 Å². The summed E-state index contributed by atoms with van der Waals surface area (Å²) in [5, 5.41) is 4.60. The second-order valence-electron chi connectivity index (χ2n) is 14.9. The standard InChI is InChI=1S/C20H23N2O2.C15H21N.C7H15N.C3H8.K/c1-5-15-7-9-16(10-8-15)22-12-18(21-24-19-11-13(19)3)20(23)17(6-2)14(22)4;1-4-11(2)12(3)16-15-9-7-14(8-10-15)13-5-6-13;1-7-3-5-8(2)6-4-7;1-3-2;/h6-10,12-13,19H,4-5,11H2,1-3H3;7-11,13,16H,3-6H2,1-2H3;7H,3-6H2,1-2H3;3H2,1-2H3;/q-1;;;;+1/b17-6+;;;;. The van der Waals surface area contributed by atoms with Crippen LogP contribution in [0, 0.1) is 17.8 Å². The maximum Gasteiger partial charge on any atom is 1.00 e. The van der Waals surface area contributed by atoms with Crippen LogP contribution in [-0.4, -0.2) is 35.7 Å². The normalized spacial score (nSPS) is 18.9. The van der Waals surface area contributed by atoms with Crippen molar-refractivity contribution >= 4 is 24.0 Å². The minimum absolute atomic E-state index is 0. The average Bonchev–Trinajstić information content (AvgIpc) is 4.08. The van der Waals surface area contributed by atoms with E-state index >= 15 is 0 Å². The fraction of sp³-hybridized carbons (Fsp3) is 0.533. The molecule has 0 spiro atoms. The molecule has 0 amide bonds. The molecule has 1 aliphatic heterocycles. The average molecular weight is 735 g/mol. The maximum absolute atomic E-state index is 12.6. The quantitative estimate of drug-likeness (QED) is 0.176. The Labute approximate surface area is 358 Å². The summed E-state index contributed by atoms with van der Waals surface area (Å²) >= 11 is 0. The van der Waals surface area contributed by atoms with E-state index in [1.165, 1.54) is 56.3 Å². The number of piperidine rings is 1. The van der Waals surface area contributed by atoms with Gasteiger partial charge < -0.3 is 25.1 Å². The SMILES string of the molecule is C=C(Nc1ccc(C2CC2)cc1)C(C)CC.C=c1/c(=C\C)c(=O)c([N-]OC2CC2C)cn1-c1ccc(CC)cc1.CC1CCN(C)CC1.CCC.[K+]. The van der Waals surface area contributed by atoms with Crippen LogP contribution in [0.2, 0.25) is 0 Å². The molecule has 3 aliphatic rings. The van der Waals surface area contributed by atoms with Crippen LogP contribution in [0.4, 0.5) is 11.4 Å². The predicted molar refractivity (Wildman–Crippen MR) is 220 cm³/mol. The fourth-order valence-corrected chi connectivity index (χ4v) is 5.65. The number of nitrogens with zero attached hydrogens (tertiary/aromatic N) is 3. The summed E-state index contributed by atoms with van der Waals surface area (Å²) in [6.07, 6.45) is 13.5. The Kier molecular flexibility index (Phi) is 21.1. The Morgan fingerprint density at radius 3 is 2.04 bits per heavy atom. The first-order valence-corrected chi connectivity index (χ1v) is 19.6. The van der Waals surface area contributed by atoms with Gasteiger partial charge in [-0.05, 0) is 137 Å². The van der Waals surface area contributed by atoms with Crippen LogP contribution in [0.15, 0.2) is 71.8 Å². The first-order chi connectivity index (χ1) is 24.4. The molecule has 6 nitrogen and oxygen atoms in total. The number of aromatic nitrogens is 1. The van der Waals surface area contributed by atoms with Gasteiger partial charge in [-0.2, -0.15) is 0 Å². The Bertz CT molecular complexity index is 1650. The van der Waals surface area contributed by atoms with Crippen molar-refractivity contribution < 1.29 is 56.2 Å². The van der Waals surface area contributed by atoms with Gasteiger partial charge in [0.05, 0.1) is 0 Å². The molecule has 280 valence electrons. The second kappa shape index (κ2) is 23.7. The predicted octanol–water partition coefficient (Wildman–Crippen LogP) is 7.26. The number of likely N-dealkylation sites (tertiary alicyclic amines) is 1. The van der Waals surface area contributed by atoms with Crippen LogP contribution >= 0.6 is 0 Å². The van der Waals surface area contributed by atoms with E-state index in [9.17, 15) is 4.79 Å². The number of rotatable bonds is 10. The van der Waals surface area contributed by atoms with Crippen molar-refractivity contribution in [3.8, 4) is 5.69 Å². The smallest absolute Gasteiger partial charge is 0.557 e. The largest absolute Gasteiger partial charge is 1.00 e. The Morgan fingerprint density at radius 2 is 1.58 bits per heavy atom. The first-order valence-electron chi connectivity index (χ1n) is 19.6. The third-order valence-corrected chi connectivity index (χ3v) is 10.0. The van der Waals surface area contributed by atoms with Gasteiger partial charge in [-0.1, -0.05) is 104 Å². The number of hydrogen-bond acceptors (Lipinski definition) is 4. The Morgan fingerprint density at radius 1 is 1.00 bits per heavy atom. The number of hydrogen-bond donors (Lipinski definition) is 1. The molecule has 3 unspecified atom stereocenters. The molecule has 1 saturated heterocycles. The molecule has 0 radical (unpaired) electrons. The van der Waals surface area contributed by atoms with Crippen molar-refractivity contribution in [2.75, 3.05) is 25.5 Å². The molecule has 3 atom stereocenters. The van der Waals surface area contributed by atoms with Crippen molar-refractivity contribution in [3.05, 3.63) is 104 Å². The third kappa shape index (κ3) is 15.0. The molecule has 1 N–H and O–H groups in total. The van der Waals surface area contributed by atoms with E-state index in [-0.39, 0.29) is 62.9 Å². The van der Waals surface area contributed by atoms with Gasteiger partial charge in [-0.25, -0.2) is 0 Å². The maximum atomic E-state index is 12.6. The third-order valence-electron chi connectivity index (χ3n) is 10.0. The number of anilines is 1. The molecule has 3 aromatic rings. The number of pyridine rings is 1. The van der Waals surface area contributed by atoms with Crippen LogP contribution in [0.1, 0.15) is 117 Å². The topological polar surface area (TPSA) is 60.6 Å². The zero-order valence-corrected chi connectivity index (χ0v) is 37.4. The summed E-state index contributed by atoms with van der Waals surface area (Å²) in [6.45, 7) is 27.8. The zero-order chi connectivity index (χ0) is 37.5. The molecule has 2 heterocycles. The fourth-order valence-electron chi connectivity index (χ4n) is 5.65. The van der Waals surface area contributed by atoms with Gasteiger partial charge in [-0.3, -0.25) is 4.79 Å². The molecule has 1 aromatic heterocycles. The summed E-state index contributed by atoms with van der Waals surface area (Å²) in [4.78, 5) is 20.4. The zero-order valence-electron chi connectivity index (χ0n) is 34.3. The second-order valence-corrected chi connectivity index (χ2v) is 14.9. The van der Waals surface area contributed by atoms with Crippen molar-refractivity contribution in [1.29, 1.82) is 0 Å². The van der Waals surface area contributed by atoms with E-state index in [1.807, 2.05) is 23.6 Å². The van der Waals surface area contributed by atoms with E-state index in [2.05, 4.69) is 121 Å². The molecule has 2 aliphatic carbocycles. The molecule has 3 fully saturated rings. The minimum atomic E-state index is -0.141. The summed E-state index contributed by atoms with van der Waals surface area (Å²) in [6, 6.07) is 17.1. The van der Waals surface area contributed by atoms with E-state index in [0.29, 0.717) is 28.1 Å². The number of benzene rings is 2. The van der Waals surface area contributed by atoms with Crippen LogP contribution in [-0.2, 0) is 11.3 Å². The summed E-state index contributed by atoms with van der Waals surface area (Å²) in [5.41, 5.74) is 10.3. The van der Waals surface area contributed by atoms with Gasteiger partial charge in [0.25, 0.3) is 0 Å². The Hall–Kier alpha value is -1.97. The molecule has 52 heavy (non-hydrogen) atoms.